The van der Waals surface area contributed by atoms with Crippen LogP contribution in [0.4, 0.5) is 0 Å². The summed E-state index contributed by atoms with van der Waals surface area (Å²) in [6.07, 6.45) is 0. The number of thiophene rings is 1. The summed E-state index contributed by atoms with van der Waals surface area (Å²) in [7, 11) is 0. The minimum absolute atomic E-state index is 0.311. The summed E-state index contributed by atoms with van der Waals surface area (Å²) in [6, 6.07) is 7.40. The van der Waals surface area contributed by atoms with Gasteiger partial charge in [0.25, 0.3) is 0 Å². The Morgan fingerprint density at radius 1 is 1.46 bits per heavy atom. The maximum absolute atomic E-state index is 9.49. The Balaban J connectivity index is 2.55. The van der Waals surface area contributed by atoms with Gasteiger partial charge in [-0.15, -0.1) is 11.3 Å². The zero-order chi connectivity index (χ0) is 9.26. The van der Waals surface area contributed by atoms with Gasteiger partial charge in [-0.05, 0) is 17.5 Å². The van der Waals surface area contributed by atoms with E-state index in [-0.39, 0.29) is 0 Å². The normalized spacial score (nSPS) is 10.8. The summed E-state index contributed by atoms with van der Waals surface area (Å²) in [5, 5.41) is 10.5. The molecule has 0 radical (unpaired) electrons. The van der Waals surface area contributed by atoms with E-state index < -0.39 is 0 Å². The minimum Gasteiger partial charge on any atom is -0.506 e. The van der Waals surface area contributed by atoms with E-state index in [1.54, 1.807) is 6.07 Å². The first kappa shape index (κ1) is 8.50. The van der Waals surface area contributed by atoms with E-state index in [1.807, 2.05) is 18.2 Å². The van der Waals surface area contributed by atoms with Gasteiger partial charge < -0.3 is 5.11 Å². The molecule has 13 heavy (non-hydrogen) atoms. The molecule has 2 aromatic rings. The molecular weight excluding hydrogens is 186 g/mol. The largest absolute Gasteiger partial charge is 0.506 e. The maximum atomic E-state index is 9.49. The third-order valence-corrected chi connectivity index (χ3v) is 2.95. The van der Waals surface area contributed by atoms with Crippen molar-refractivity contribution in [3.63, 3.8) is 0 Å². The van der Waals surface area contributed by atoms with Gasteiger partial charge in [-0.3, -0.25) is 4.84 Å². The van der Waals surface area contributed by atoms with E-state index in [9.17, 15) is 5.11 Å². The number of hydrogen-bond acceptors (Lipinski definition) is 4. The SMILES string of the molecule is NOCc1cc2cccc(O)c2s1. The Morgan fingerprint density at radius 2 is 2.31 bits per heavy atom. The van der Waals surface area contributed by atoms with Gasteiger partial charge >= 0.3 is 0 Å². The lowest BCUT2D eigenvalue weighted by Crippen LogP contribution is -1.96. The van der Waals surface area contributed by atoms with Gasteiger partial charge in [0.05, 0.1) is 4.70 Å². The number of nitrogens with two attached hydrogens (primary N) is 1. The molecule has 1 aromatic heterocycles. The first-order valence-electron chi connectivity index (χ1n) is 3.83. The van der Waals surface area contributed by atoms with Crippen LogP contribution in [-0.4, -0.2) is 5.11 Å². The van der Waals surface area contributed by atoms with Gasteiger partial charge in [0, 0.05) is 4.88 Å². The molecule has 0 saturated carbocycles. The molecule has 0 unspecified atom stereocenters. The van der Waals surface area contributed by atoms with Crippen molar-refractivity contribution >= 4 is 21.4 Å². The predicted molar refractivity (Wildman–Crippen MR) is 52.5 cm³/mol. The fraction of sp³-hybridized carbons (Fsp3) is 0.111. The van der Waals surface area contributed by atoms with E-state index in [0.29, 0.717) is 12.4 Å². The van der Waals surface area contributed by atoms with E-state index in [0.717, 1.165) is 15.0 Å². The van der Waals surface area contributed by atoms with Crippen molar-refractivity contribution in [3.05, 3.63) is 29.1 Å². The smallest absolute Gasteiger partial charge is 0.133 e. The number of rotatable bonds is 2. The third kappa shape index (κ3) is 1.51. The first-order valence-corrected chi connectivity index (χ1v) is 4.65. The van der Waals surface area contributed by atoms with Gasteiger partial charge in [0.2, 0.25) is 0 Å². The summed E-state index contributed by atoms with van der Waals surface area (Å²) < 4.78 is 0.884. The minimum atomic E-state index is 0.311. The number of phenolic OH excluding ortho intramolecular Hbond substituents is 1. The molecule has 0 aliphatic rings. The fourth-order valence-corrected chi connectivity index (χ4v) is 2.25. The van der Waals surface area contributed by atoms with Crippen LogP contribution in [-0.2, 0) is 11.4 Å². The van der Waals surface area contributed by atoms with Crippen molar-refractivity contribution in [2.75, 3.05) is 0 Å². The lowest BCUT2D eigenvalue weighted by Gasteiger charge is -1.91. The predicted octanol–water partition coefficient (Wildman–Crippen LogP) is 2.00. The third-order valence-electron chi connectivity index (χ3n) is 1.80. The first-order chi connectivity index (χ1) is 6.31. The number of benzene rings is 1. The van der Waals surface area contributed by atoms with E-state index in [4.69, 9.17) is 5.90 Å². The van der Waals surface area contributed by atoms with Crippen molar-refractivity contribution in [1.29, 1.82) is 0 Å². The van der Waals surface area contributed by atoms with Gasteiger partial charge in [0.1, 0.15) is 12.4 Å². The topological polar surface area (TPSA) is 55.5 Å². The molecule has 3 N–H and O–H groups in total. The average molecular weight is 195 g/mol. The van der Waals surface area contributed by atoms with Crippen molar-refractivity contribution < 1.29 is 9.94 Å². The molecule has 0 aliphatic heterocycles. The summed E-state index contributed by atoms with van der Waals surface area (Å²) in [5.41, 5.74) is 0. The number of aromatic hydroxyl groups is 1. The standard InChI is InChI=1S/C9H9NO2S/c10-12-5-7-4-6-2-1-3-8(11)9(6)13-7/h1-4,11H,5,10H2. The molecule has 1 aromatic carbocycles. The molecule has 0 fully saturated rings. The van der Waals surface area contributed by atoms with Gasteiger partial charge in [-0.1, -0.05) is 12.1 Å². The molecule has 0 saturated heterocycles. The molecule has 3 nitrogen and oxygen atoms in total. The molecule has 1 heterocycles. The van der Waals surface area contributed by atoms with Crippen LogP contribution in [0.25, 0.3) is 10.1 Å². The number of phenols is 1. The number of hydrogen-bond donors (Lipinski definition) is 2. The molecule has 68 valence electrons. The summed E-state index contributed by atoms with van der Waals surface area (Å²) in [5.74, 6) is 5.28. The number of fused-ring (bicyclic) bond motifs is 1. The molecule has 0 amide bonds. The Bertz CT molecular complexity index is 424. The monoisotopic (exact) mass is 195 g/mol. The molecule has 0 bridgehead atoms. The van der Waals surface area contributed by atoms with Gasteiger partial charge in [-0.2, -0.15) is 0 Å². The highest BCUT2D eigenvalue weighted by Gasteiger charge is 2.04. The maximum Gasteiger partial charge on any atom is 0.133 e. The molecule has 0 spiro atoms. The molecule has 2 rings (SSSR count). The Kier molecular flexibility index (Phi) is 2.18. The zero-order valence-corrected chi connectivity index (χ0v) is 7.67. The highest BCUT2D eigenvalue weighted by Crippen LogP contribution is 2.32. The van der Waals surface area contributed by atoms with Crippen LogP contribution in [0, 0.1) is 0 Å². The fourth-order valence-electron chi connectivity index (χ4n) is 1.25. The highest BCUT2D eigenvalue weighted by molar-refractivity contribution is 7.19. The van der Waals surface area contributed by atoms with E-state index in [1.165, 1.54) is 11.3 Å². The molecule has 0 aliphatic carbocycles. The molecular formula is C9H9NO2S. The van der Waals surface area contributed by atoms with Crippen molar-refractivity contribution in [2.24, 2.45) is 5.90 Å². The van der Waals surface area contributed by atoms with Gasteiger partial charge in [-0.25, -0.2) is 5.90 Å². The van der Waals surface area contributed by atoms with Crippen LogP contribution >= 0.6 is 11.3 Å². The lowest BCUT2D eigenvalue weighted by molar-refractivity contribution is 0.126. The van der Waals surface area contributed by atoms with E-state index in [2.05, 4.69) is 4.84 Å². The summed E-state index contributed by atoms with van der Waals surface area (Å²) >= 11 is 1.49. The van der Waals surface area contributed by atoms with Crippen LogP contribution in [0.3, 0.4) is 0 Å². The Morgan fingerprint density at radius 3 is 3.00 bits per heavy atom. The lowest BCUT2D eigenvalue weighted by atomic mass is 10.2. The van der Waals surface area contributed by atoms with Crippen molar-refractivity contribution in [1.82, 2.24) is 0 Å². The quantitative estimate of drug-likeness (QED) is 0.720. The van der Waals surface area contributed by atoms with Gasteiger partial charge in [0.15, 0.2) is 0 Å². The Labute approximate surface area is 79.3 Å². The average Bonchev–Trinajstić information content (AvgIpc) is 2.49. The second-order valence-corrected chi connectivity index (χ2v) is 3.86. The summed E-state index contributed by atoms with van der Waals surface area (Å²) in [4.78, 5) is 5.54. The van der Waals surface area contributed by atoms with Crippen LogP contribution in [0.1, 0.15) is 4.88 Å². The second kappa shape index (κ2) is 3.33. The molecule has 4 heteroatoms. The van der Waals surface area contributed by atoms with Crippen molar-refractivity contribution in [2.45, 2.75) is 6.61 Å². The van der Waals surface area contributed by atoms with Crippen LogP contribution in [0.5, 0.6) is 5.75 Å². The van der Waals surface area contributed by atoms with E-state index >= 15 is 0 Å². The van der Waals surface area contributed by atoms with Crippen molar-refractivity contribution in [3.8, 4) is 5.75 Å². The highest BCUT2D eigenvalue weighted by atomic mass is 32.1. The second-order valence-electron chi connectivity index (χ2n) is 2.72. The van der Waals surface area contributed by atoms with Crippen LogP contribution < -0.4 is 5.90 Å². The summed E-state index contributed by atoms with van der Waals surface area (Å²) in [6.45, 7) is 0.388. The Hall–Kier alpha value is -1.10. The van der Waals surface area contributed by atoms with Crippen LogP contribution in [0.2, 0.25) is 0 Å². The van der Waals surface area contributed by atoms with Crippen LogP contribution in [0.15, 0.2) is 24.3 Å². The molecule has 0 atom stereocenters. The zero-order valence-electron chi connectivity index (χ0n) is 6.86.